The highest BCUT2D eigenvalue weighted by molar-refractivity contribution is 7.22. The molecule has 0 radical (unpaired) electrons. The lowest BCUT2D eigenvalue weighted by Gasteiger charge is -2.15. The van der Waals surface area contributed by atoms with Gasteiger partial charge >= 0.3 is 11.9 Å². The average Bonchev–Trinajstić information content (AvgIpc) is 3.13. The minimum absolute atomic E-state index is 0.00497. The van der Waals surface area contributed by atoms with Crippen molar-refractivity contribution in [3.8, 4) is 16.3 Å². The third kappa shape index (κ3) is 5.12. The number of nitrogens with one attached hydrogen (secondary N) is 1. The van der Waals surface area contributed by atoms with Gasteiger partial charge in [0.05, 0.1) is 11.9 Å². The Balaban J connectivity index is 1.70. The number of nitrogens with zero attached hydrogens (tertiary/aromatic N) is 2. The molecule has 0 bridgehead atoms. The number of H-pyrrole nitrogens is 1. The number of alkyl halides is 3. The van der Waals surface area contributed by atoms with Crippen LogP contribution < -0.4 is 16.0 Å². The minimum Gasteiger partial charge on any atom is -0.472 e. The summed E-state index contributed by atoms with van der Waals surface area (Å²) in [5, 5.41) is 9.74. The van der Waals surface area contributed by atoms with Crippen molar-refractivity contribution in [1.82, 2.24) is 14.5 Å². The summed E-state index contributed by atoms with van der Waals surface area (Å²) in [7, 11) is 0. The number of aromatic amines is 1. The van der Waals surface area contributed by atoms with Crippen LogP contribution in [0.2, 0.25) is 5.02 Å². The van der Waals surface area contributed by atoms with Crippen LogP contribution >= 0.6 is 22.9 Å². The minimum atomic E-state index is -4.93. The summed E-state index contributed by atoms with van der Waals surface area (Å²) in [4.78, 5) is 31.5. The van der Waals surface area contributed by atoms with Gasteiger partial charge in [-0.2, -0.15) is 13.2 Å². The molecule has 0 saturated carbocycles. The molecule has 0 aliphatic carbocycles. The summed E-state index contributed by atoms with van der Waals surface area (Å²) in [5.41, 5.74) is 1.19. The Kier molecular flexibility index (Phi) is 6.76. The molecule has 3 aromatic heterocycles. The Morgan fingerprint density at radius 1 is 1.23 bits per heavy atom. The van der Waals surface area contributed by atoms with Crippen LogP contribution in [-0.2, 0) is 13.2 Å². The number of ether oxygens (including phenoxy) is 1. The lowest BCUT2D eigenvalue weighted by atomic mass is 10.1. The summed E-state index contributed by atoms with van der Waals surface area (Å²) in [5.74, 6) is 0.192. The summed E-state index contributed by atoms with van der Waals surface area (Å²) in [6, 6.07) is 9.32. The van der Waals surface area contributed by atoms with Crippen molar-refractivity contribution in [2.75, 3.05) is 0 Å². The number of aromatic nitrogens is 3. The second-order valence-corrected chi connectivity index (χ2v) is 9.36. The maximum absolute atomic E-state index is 12.9. The van der Waals surface area contributed by atoms with Crippen LogP contribution in [0.25, 0.3) is 20.7 Å². The van der Waals surface area contributed by atoms with Crippen molar-refractivity contribution in [3.63, 3.8) is 0 Å². The van der Waals surface area contributed by atoms with Crippen LogP contribution in [0.15, 0.2) is 46.1 Å². The van der Waals surface area contributed by atoms with E-state index in [2.05, 4.69) is 4.98 Å². The number of fused-ring (bicyclic) bond motifs is 1. The average molecular weight is 526 g/mol. The topological polar surface area (TPSA) is 97.2 Å². The first-order chi connectivity index (χ1) is 16.5. The van der Waals surface area contributed by atoms with Gasteiger partial charge in [-0.1, -0.05) is 41.4 Å². The first-order valence-corrected chi connectivity index (χ1v) is 11.5. The first-order valence-electron chi connectivity index (χ1n) is 10.3. The van der Waals surface area contributed by atoms with Crippen molar-refractivity contribution in [2.24, 2.45) is 0 Å². The van der Waals surface area contributed by atoms with Crippen molar-refractivity contribution in [2.45, 2.75) is 39.3 Å². The lowest BCUT2D eigenvalue weighted by molar-refractivity contribution is -0.207. The number of aliphatic hydroxyl groups excluding tert-OH is 1. The fraction of sp³-hybridized carbons (Fsp3) is 0.261. The van der Waals surface area contributed by atoms with Gasteiger partial charge in [-0.25, -0.2) is 9.78 Å². The number of aryl methyl sites for hydroxylation is 2. The Morgan fingerprint density at radius 2 is 1.91 bits per heavy atom. The summed E-state index contributed by atoms with van der Waals surface area (Å²) in [6.07, 6.45) is -6.24. The van der Waals surface area contributed by atoms with Crippen molar-refractivity contribution in [1.29, 1.82) is 0 Å². The fourth-order valence-corrected chi connectivity index (χ4v) is 5.00. The van der Waals surface area contributed by atoms with E-state index in [9.17, 15) is 27.9 Å². The number of rotatable bonds is 6. The quantitative estimate of drug-likeness (QED) is 0.384. The number of hydrogen-bond acceptors (Lipinski definition) is 6. The monoisotopic (exact) mass is 525 g/mol. The molecule has 0 amide bonds. The molecule has 0 saturated heterocycles. The number of halogens is 4. The van der Waals surface area contributed by atoms with Gasteiger partial charge in [0, 0.05) is 16.6 Å². The zero-order valence-electron chi connectivity index (χ0n) is 18.4. The van der Waals surface area contributed by atoms with Gasteiger partial charge in [0.1, 0.15) is 16.5 Å². The maximum atomic E-state index is 12.9. The summed E-state index contributed by atoms with van der Waals surface area (Å²) < 4.78 is 45.1. The molecule has 7 nitrogen and oxygen atoms in total. The van der Waals surface area contributed by atoms with E-state index in [-0.39, 0.29) is 27.7 Å². The smallest absolute Gasteiger partial charge is 0.416 e. The molecule has 12 heteroatoms. The Bertz CT molecular complexity index is 1510. The van der Waals surface area contributed by atoms with Gasteiger partial charge in [0.2, 0.25) is 5.88 Å². The number of hydrogen-bond donors (Lipinski definition) is 2. The van der Waals surface area contributed by atoms with E-state index in [0.29, 0.717) is 20.6 Å². The molecule has 35 heavy (non-hydrogen) atoms. The van der Waals surface area contributed by atoms with Crippen LogP contribution in [0.4, 0.5) is 13.2 Å². The van der Waals surface area contributed by atoms with Crippen LogP contribution in [0.1, 0.15) is 16.7 Å². The molecule has 1 atom stereocenters. The van der Waals surface area contributed by atoms with Gasteiger partial charge in [0.25, 0.3) is 5.56 Å². The molecule has 4 rings (SSSR count). The molecule has 0 spiro atoms. The van der Waals surface area contributed by atoms with Crippen LogP contribution in [0.3, 0.4) is 0 Å². The molecule has 1 aromatic carbocycles. The second kappa shape index (κ2) is 9.48. The predicted octanol–water partition coefficient (Wildman–Crippen LogP) is 4.59. The van der Waals surface area contributed by atoms with E-state index in [1.165, 1.54) is 6.20 Å². The molecule has 2 N–H and O–H groups in total. The van der Waals surface area contributed by atoms with Gasteiger partial charge in [-0.15, -0.1) is 11.3 Å². The van der Waals surface area contributed by atoms with Crippen molar-refractivity contribution >= 4 is 33.2 Å². The summed E-state index contributed by atoms with van der Waals surface area (Å²) >= 11 is 7.30. The summed E-state index contributed by atoms with van der Waals surface area (Å²) in [6.45, 7) is 2.77. The SMILES string of the molecule is Cc1ccc(COc2ncc(-c3sc4c(c3C)c(=O)[nH]c(=O)n4C[C@@H](O)C(F)(F)F)cc2Cl)cc1. The second-order valence-electron chi connectivity index (χ2n) is 7.95. The third-order valence-electron chi connectivity index (χ3n) is 5.37. The Labute approximate surface area is 205 Å². The standard InChI is InChI=1S/C23H19ClF3N3O4S/c1-11-3-5-13(6-4-11)10-34-20-15(24)7-14(8-28-20)18-12(2)17-19(32)29-22(33)30(21(17)35-18)9-16(31)23(25,26)27/h3-8,16,31H,9-10H2,1-2H3,(H,29,32,33)/t16-/m1/s1. The van der Waals surface area contributed by atoms with E-state index < -0.39 is 30.1 Å². The maximum Gasteiger partial charge on any atom is 0.416 e. The van der Waals surface area contributed by atoms with E-state index in [1.54, 1.807) is 13.0 Å². The van der Waals surface area contributed by atoms with Crippen molar-refractivity contribution in [3.05, 3.63) is 79.1 Å². The largest absolute Gasteiger partial charge is 0.472 e. The van der Waals surface area contributed by atoms with Crippen LogP contribution in [-0.4, -0.2) is 31.9 Å². The molecule has 3 heterocycles. The molecule has 0 fully saturated rings. The molecule has 0 unspecified atom stereocenters. The zero-order valence-corrected chi connectivity index (χ0v) is 20.0. The Morgan fingerprint density at radius 3 is 2.54 bits per heavy atom. The van der Waals surface area contributed by atoms with Gasteiger partial charge in [-0.05, 0) is 31.0 Å². The normalized spacial score (nSPS) is 12.8. The van der Waals surface area contributed by atoms with Gasteiger partial charge in [-0.3, -0.25) is 14.3 Å². The van der Waals surface area contributed by atoms with E-state index >= 15 is 0 Å². The zero-order chi connectivity index (χ0) is 25.5. The lowest BCUT2D eigenvalue weighted by Crippen LogP contribution is -2.38. The highest BCUT2D eigenvalue weighted by Gasteiger charge is 2.39. The predicted molar refractivity (Wildman–Crippen MR) is 127 cm³/mol. The number of pyridine rings is 1. The first kappa shape index (κ1) is 25.0. The van der Waals surface area contributed by atoms with Crippen molar-refractivity contribution < 1.29 is 23.0 Å². The third-order valence-corrected chi connectivity index (χ3v) is 7.00. The molecular formula is C23H19ClF3N3O4S. The fourth-order valence-electron chi connectivity index (χ4n) is 3.48. The van der Waals surface area contributed by atoms with Crippen LogP contribution in [0, 0.1) is 13.8 Å². The molecule has 0 aliphatic rings. The van der Waals surface area contributed by atoms with Gasteiger partial charge in [0.15, 0.2) is 6.10 Å². The molecule has 0 aliphatic heterocycles. The van der Waals surface area contributed by atoms with Gasteiger partial charge < -0.3 is 9.84 Å². The number of thiophene rings is 1. The molecular weight excluding hydrogens is 507 g/mol. The van der Waals surface area contributed by atoms with Crippen LogP contribution in [0.5, 0.6) is 5.88 Å². The van der Waals surface area contributed by atoms with E-state index in [0.717, 1.165) is 22.5 Å². The highest BCUT2D eigenvalue weighted by atomic mass is 35.5. The number of aliphatic hydroxyl groups is 1. The van der Waals surface area contributed by atoms with E-state index in [1.807, 2.05) is 36.2 Å². The van der Waals surface area contributed by atoms with E-state index in [4.69, 9.17) is 16.3 Å². The number of benzene rings is 1. The molecule has 184 valence electrons. The highest BCUT2D eigenvalue weighted by Crippen LogP contribution is 2.38. The Hall–Kier alpha value is -3.15. The molecule has 4 aromatic rings.